The maximum atomic E-state index is 9.81. The third-order valence-corrected chi connectivity index (χ3v) is 3.38. The monoisotopic (exact) mass is 255 g/mol. The first kappa shape index (κ1) is 13.6. The Kier molecular flexibility index (Phi) is 4.58. The number of rotatable bonds is 5. The van der Waals surface area contributed by atoms with Crippen molar-refractivity contribution in [2.45, 2.75) is 19.4 Å². The second kappa shape index (κ2) is 6.39. The van der Waals surface area contributed by atoms with E-state index in [-0.39, 0.29) is 0 Å². The Balaban J connectivity index is 2.06. The smallest absolute Gasteiger partial charge is 0.0781 e. The number of nitrogens with zero attached hydrogens (tertiary/aromatic N) is 1. The zero-order valence-corrected chi connectivity index (χ0v) is 11.6. The first-order valence-corrected chi connectivity index (χ1v) is 6.70. The quantitative estimate of drug-likeness (QED) is 0.885. The molecule has 1 atom stereocenters. The lowest BCUT2D eigenvalue weighted by Crippen LogP contribution is -2.22. The molecule has 0 aliphatic heterocycles. The van der Waals surface area contributed by atoms with E-state index in [4.69, 9.17) is 0 Å². The van der Waals surface area contributed by atoms with Gasteiger partial charge in [0.05, 0.1) is 6.10 Å². The standard InChI is InChI=1S/C17H21NO/c1-14(19)16-10-6-7-11-17(16)18(2)13-12-15-8-4-3-5-9-15/h3-11,14,19H,12-13H2,1-2H3/t14-/m1/s1. The third-order valence-electron chi connectivity index (χ3n) is 3.38. The number of anilines is 1. The lowest BCUT2D eigenvalue weighted by molar-refractivity contribution is 0.199. The molecule has 2 rings (SSSR count). The molecule has 0 aliphatic carbocycles. The molecule has 0 bridgehead atoms. The van der Waals surface area contributed by atoms with E-state index in [1.54, 1.807) is 0 Å². The topological polar surface area (TPSA) is 23.5 Å². The molecule has 1 N–H and O–H groups in total. The maximum absolute atomic E-state index is 9.81. The van der Waals surface area contributed by atoms with Crippen LogP contribution < -0.4 is 4.90 Å². The summed E-state index contributed by atoms with van der Waals surface area (Å²) in [4.78, 5) is 2.20. The zero-order chi connectivity index (χ0) is 13.7. The van der Waals surface area contributed by atoms with E-state index < -0.39 is 6.10 Å². The number of para-hydroxylation sites is 1. The first-order chi connectivity index (χ1) is 9.18. The summed E-state index contributed by atoms with van der Waals surface area (Å²) < 4.78 is 0. The van der Waals surface area contributed by atoms with Crippen molar-refractivity contribution in [1.82, 2.24) is 0 Å². The molecule has 0 radical (unpaired) electrons. The van der Waals surface area contributed by atoms with Gasteiger partial charge >= 0.3 is 0 Å². The van der Waals surface area contributed by atoms with Crippen LogP contribution in [0, 0.1) is 0 Å². The highest BCUT2D eigenvalue weighted by Crippen LogP contribution is 2.25. The van der Waals surface area contributed by atoms with E-state index in [9.17, 15) is 5.11 Å². The first-order valence-electron chi connectivity index (χ1n) is 6.70. The van der Waals surface area contributed by atoms with Gasteiger partial charge in [0.25, 0.3) is 0 Å². The zero-order valence-electron chi connectivity index (χ0n) is 11.6. The molecule has 2 heteroatoms. The lowest BCUT2D eigenvalue weighted by Gasteiger charge is -2.23. The molecule has 100 valence electrons. The van der Waals surface area contributed by atoms with Crippen LogP contribution in [0.3, 0.4) is 0 Å². The number of hydrogen-bond acceptors (Lipinski definition) is 2. The van der Waals surface area contributed by atoms with Gasteiger partial charge in [0, 0.05) is 24.8 Å². The van der Waals surface area contributed by atoms with Crippen molar-refractivity contribution < 1.29 is 5.11 Å². The molecule has 19 heavy (non-hydrogen) atoms. The number of likely N-dealkylation sites (N-methyl/N-ethyl adjacent to an activating group) is 1. The Hall–Kier alpha value is -1.80. The Morgan fingerprint density at radius 2 is 1.63 bits per heavy atom. The SMILES string of the molecule is C[C@@H](O)c1ccccc1N(C)CCc1ccccc1. The molecule has 2 aromatic carbocycles. The lowest BCUT2D eigenvalue weighted by atomic mass is 10.1. The normalized spacial score (nSPS) is 12.2. The highest BCUT2D eigenvalue weighted by atomic mass is 16.3. The summed E-state index contributed by atoms with van der Waals surface area (Å²) in [7, 11) is 2.07. The third kappa shape index (κ3) is 3.58. The van der Waals surface area contributed by atoms with Gasteiger partial charge < -0.3 is 10.0 Å². The minimum absolute atomic E-state index is 0.435. The molecular formula is C17H21NO. The Morgan fingerprint density at radius 3 is 2.32 bits per heavy atom. The van der Waals surface area contributed by atoms with Crippen LogP contribution in [0.1, 0.15) is 24.2 Å². The van der Waals surface area contributed by atoms with Crippen molar-refractivity contribution in [3.8, 4) is 0 Å². The van der Waals surface area contributed by atoms with Crippen LogP contribution in [0.2, 0.25) is 0 Å². The summed E-state index contributed by atoms with van der Waals surface area (Å²) in [5, 5.41) is 9.81. The summed E-state index contributed by atoms with van der Waals surface area (Å²) in [5.74, 6) is 0. The van der Waals surface area contributed by atoms with Gasteiger partial charge in [-0.3, -0.25) is 0 Å². The largest absolute Gasteiger partial charge is 0.389 e. The summed E-state index contributed by atoms with van der Waals surface area (Å²) in [6.45, 7) is 2.75. The number of aliphatic hydroxyl groups excluding tert-OH is 1. The predicted molar refractivity (Wildman–Crippen MR) is 80.5 cm³/mol. The fourth-order valence-electron chi connectivity index (χ4n) is 2.25. The van der Waals surface area contributed by atoms with Crippen LogP contribution in [0.15, 0.2) is 54.6 Å². The van der Waals surface area contributed by atoms with Crippen molar-refractivity contribution in [3.05, 3.63) is 65.7 Å². The van der Waals surface area contributed by atoms with E-state index in [0.717, 1.165) is 24.2 Å². The van der Waals surface area contributed by atoms with Gasteiger partial charge in [-0.25, -0.2) is 0 Å². The van der Waals surface area contributed by atoms with Gasteiger partial charge in [-0.2, -0.15) is 0 Å². The number of hydrogen-bond donors (Lipinski definition) is 1. The fraction of sp³-hybridized carbons (Fsp3) is 0.294. The molecule has 0 amide bonds. The molecule has 0 aromatic heterocycles. The highest BCUT2D eigenvalue weighted by Gasteiger charge is 2.10. The summed E-state index contributed by atoms with van der Waals surface area (Å²) in [5.41, 5.74) is 3.43. The minimum atomic E-state index is -0.435. The van der Waals surface area contributed by atoms with Crippen LogP contribution in [0.25, 0.3) is 0 Å². The average molecular weight is 255 g/mol. The average Bonchev–Trinajstić information content (AvgIpc) is 2.46. The molecule has 0 fully saturated rings. The molecule has 0 saturated carbocycles. The Morgan fingerprint density at radius 1 is 1.00 bits per heavy atom. The molecule has 0 spiro atoms. The maximum Gasteiger partial charge on any atom is 0.0781 e. The summed E-state index contributed by atoms with van der Waals surface area (Å²) in [6.07, 6.45) is 0.571. The highest BCUT2D eigenvalue weighted by molar-refractivity contribution is 5.54. The Bertz CT molecular complexity index is 508. The minimum Gasteiger partial charge on any atom is -0.389 e. The predicted octanol–water partition coefficient (Wildman–Crippen LogP) is 3.42. The molecule has 0 heterocycles. The van der Waals surface area contributed by atoms with Crippen molar-refractivity contribution in [1.29, 1.82) is 0 Å². The summed E-state index contributed by atoms with van der Waals surface area (Å²) >= 11 is 0. The Labute approximate surface area is 115 Å². The molecular weight excluding hydrogens is 234 g/mol. The van der Waals surface area contributed by atoms with Crippen molar-refractivity contribution in [2.75, 3.05) is 18.5 Å². The van der Waals surface area contributed by atoms with Crippen LogP contribution in [-0.4, -0.2) is 18.7 Å². The van der Waals surface area contributed by atoms with Crippen LogP contribution in [-0.2, 0) is 6.42 Å². The number of aliphatic hydroxyl groups is 1. The summed E-state index contributed by atoms with van der Waals surface area (Å²) in [6, 6.07) is 18.5. The molecule has 0 aliphatic rings. The van der Waals surface area contributed by atoms with Gasteiger partial charge in [-0.05, 0) is 25.0 Å². The van der Waals surface area contributed by atoms with Gasteiger partial charge in [0.2, 0.25) is 0 Å². The molecule has 2 aromatic rings. The van der Waals surface area contributed by atoms with Crippen molar-refractivity contribution in [3.63, 3.8) is 0 Å². The van der Waals surface area contributed by atoms with Gasteiger partial charge in [0.15, 0.2) is 0 Å². The fourth-order valence-corrected chi connectivity index (χ4v) is 2.25. The van der Waals surface area contributed by atoms with E-state index >= 15 is 0 Å². The van der Waals surface area contributed by atoms with E-state index in [2.05, 4.69) is 42.3 Å². The van der Waals surface area contributed by atoms with Crippen LogP contribution in [0.5, 0.6) is 0 Å². The van der Waals surface area contributed by atoms with Crippen molar-refractivity contribution >= 4 is 5.69 Å². The second-order valence-electron chi connectivity index (χ2n) is 4.89. The van der Waals surface area contributed by atoms with E-state index in [1.807, 2.05) is 31.2 Å². The number of benzene rings is 2. The van der Waals surface area contributed by atoms with Crippen LogP contribution >= 0.6 is 0 Å². The van der Waals surface area contributed by atoms with E-state index in [1.165, 1.54) is 5.56 Å². The second-order valence-corrected chi connectivity index (χ2v) is 4.89. The molecule has 0 unspecified atom stereocenters. The molecule has 2 nitrogen and oxygen atoms in total. The van der Waals surface area contributed by atoms with Crippen molar-refractivity contribution in [2.24, 2.45) is 0 Å². The van der Waals surface area contributed by atoms with Gasteiger partial charge in [-0.15, -0.1) is 0 Å². The van der Waals surface area contributed by atoms with Gasteiger partial charge in [0.1, 0.15) is 0 Å². The van der Waals surface area contributed by atoms with E-state index in [0.29, 0.717) is 0 Å². The van der Waals surface area contributed by atoms with Crippen LogP contribution in [0.4, 0.5) is 5.69 Å². The van der Waals surface area contributed by atoms with Gasteiger partial charge in [-0.1, -0.05) is 48.5 Å². The molecule has 0 saturated heterocycles.